The summed E-state index contributed by atoms with van der Waals surface area (Å²) in [5.41, 5.74) is 0. The highest BCUT2D eigenvalue weighted by Gasteiger charge is 2.22. The fourth-order valence-electron chi connectivity index (χ4n) is 2.59. The van der Waals surface area contributed by atoms with Crippen LogP contribution in [-0.4, -0.2) is 45.9 Å². The van der Waals surface area contributed by atoms with E-state index in [1.165, 1.54) is 0 Å². The molecule has 118 valence electrons. The maximum Gasteiger partial charge on any atom is 0.320 e. The van der Waals surface area contributed by atoms with E-state index < -0.39 is 0 Å². The van der Waals surface area contributed by atoms with Crippen molar-refractivity contribution in [2.75, 3.05) is 18.4 Å². The molecule has 6 heteroatoms. The highest BCUT2D eigenvalue weighted by atomic mass is 16.2. The number of carbonyl (C=O) groups is 1. The van der Waals surface area contributed by atoms with Crippen LogP contribution in [0.2, 0.25) is 0 Å². The van der Waals surface area contributed by atoms with Crippen LogP contribution in [0.4, 0.5) is 10.6 Å². The summed E-state index contributed by atoms with van der Waals surface area (Å²) in [4.78, 5) is 14.4. The van der Waals surface area contributed by atoms with E-state index in [0.717, 1.165) is 25.9 Å². The van der Waals surface area contributed by atoms with Crippen LogP contribution >= 0.6 is 0 Å². The van der Waals surface area contributed by atoms with Gasteiger partial charge in [-0.25, -0.2) is 4.79 Å². The molecule has 0 unspecified atom stereocenters. The lowest BCUT2D eigenvalue weighted by Gasteiger charge is -2.34. The SMILES string of the molecule is CC(C)N1CCC(NC(=O)Nc2ccn(C(C)C)n2)CC1. The molecular weight excluding hydrogens is 266 g/mol. The van der Waals surface area contributed by atoms with Gasteiger partial charge in [0.15, 0.2) is 5.82 Å². The van der Waals surface area contributed by atoms with E-state index in [2.05, 4.69) is 48.3 Å². The summed E-state index contributed by atoms with van der Waals surface area (Å²) < 4.78 is 1.83. The Balaban J connectivity index is 1.77. The summed E-state index contributed by atoms with van der Waals surface area (Å²) in [5.74, 6) is 0.598. The lowest BCUT2D eigenvalue weighted by Crippen LogP contribution is -2.47. The topological polar surface area (TPSA) is 62.2 Å². The predicted molar refractivity (Wildman–Crippen MR) is 84.5 cm³/mol. The quantitative estimate of drug-likeness (QED) is 0.896. The van der Waals surface area contributed by atoms with Gasteiger partial charge in [0.05, 0.1) is 0 Å². The average molecular weight is 293 g/mol. The van der Waals surface area contributed by atoms with Gasteiger partial charge in [-0.1, -0.05) is 0 Å². The molecule has 0 spiro atoms. The van der Waals surface area contributed by atoms with Crippen molar-refractivity contribution in [2.24, 2.45) is 0 Å². The first-order chi connectivity index (χ1) is 9.95. The Kier molecular flexibility index (Phi) is 5.22. The van der Waals surface area contributed by atoms with Crippen LogP contribution in [0.5, 0.6) is 0 Å². The van der Waals surface area contributed by atoms with E-state index in [9.17, 15) is 4.79 Å². The smallest absolute Gasteiger partial charge is 0.320 e. The summed E-state index contributed by atoms with van der Waals surface area (Å²) in [6.45, 7) is 10.6. The fourth-order valence-corrected chi connectivity index (χ4v) is 2.59. The number of piperidine rings is 1. The third kappa shape index (κ3) is 4.46. The molecular formula is C15H27N5O. The van der Waals surface area contributed by atoms with E-state index in [1.54, 1.807) is 0 Å². The number of aromatic nitrogens is 2. The van der Waals surface area contributed by atoms with Crippen molar-refractivity contribution < 1.29 is 4.79 Å². The van der Waals surface area contributed by atoms with E-state index >= 15 is 0 Å². The summed E-state index contributed by atoms with van der Waals surface area (Å²) in [5, 5.41) is 10.2. The van der Waals surface area contributed by atoms with Gasteiger partial charge in [-0.05, 0) is 40.5 Å². The number of nitrogens with one attached hydrogen (secondary N) is 2. The maximum atomic E-state index is 12.0. The van der Waals surface area contributed by atoms with Crippen LogP contribution in [0.1, 0.15) is 46.6 Å². The molecule has 1 aromatic heterocycles. The Morgan fingerprint density at radius 3 is 2.43 bits per heavy atom. The zero-order chi connectivity index (χ0) is 15.4. The van der Waals surface area contributed by atoms with Crippen LogP contribution < -0.4 is 10.6 Å². The molecule has 2 N–H and O–H groups in total. The van der Waals surface area contributed by atoms with Crippen LogP contribution in [0, 0.1) is 0 Å². The van der Waals surface area contributed by atoms with Crippen LogP contribution in [0.3, 0.4) is 0 Å². The Hall–Kier alpha value is -1.56. The first-order valence-corrected chi connectivity index (χ1v) is 7.82. The third-order valence-corrected chi connectivity index (χ3v) is 3.97. The second-order valence-corrected chi connectivity index (χ2v) is 6.28. The minimum Gasteiger partial charge on any atom is -0.335 e. The van der Waals surface area contributed by atoms with Gasteiger partial charge in [-0.15, -0.1) is 0 Å². The average Bonchev–Trinajstić information content (AvgIpc) is 2.87. The molecule has 0 aromatic carbocycles. The van der Waals surface area contributed by atoms with Crippen LogP contribution in [0.15, 0.2) is 12.3 Å². The molecule has 0 aliphatic carbocycles. The van der Waals surface area contributed by atoms with Crippen LogP contribution in [-0.2, 0) is 0 Å². The highest BCUT2D eigenvalue weighted by Crippen LogP contribution is 2.13. The number of urea groups is 1. The second kappa shape index (κ2) is 6.93. The van der Waals surface area contributed by atoms with Gasteiger partial charge in [0, 0.05) is 43.5 Å². The Labute approximate surface area is 126 Å². The minimum absolute atomic E-state index is 0.160. The van der Waals surface area contributed by atoms with Crippen molar-refractivity contribution in [1.29, 1.82) is 0 Å². The number of hydrogen-bond donors (Lipinski definition) is 2. The van der Waals surface area contributed by atoms with Crippen molar-refractivity contribution in [3.8, 4) is 0 Å². The normalized spacial score (nSPS) is 17.4. The molecule has 1 aliphatic heterocycles. The number of amides is 2. The third-order valence-electron chi connectivity index (χ3n) is 3.97. The van der Waals surface area contributed by atoms with Crippen molar-refractivity contribution in [3.63, 3.8) is 0 Å². The van der Waals surface area contributed by atoms with Crippen LogP contribution in [0.25, 0.3) is 0 Å². The van der Waals surface area contributed by atoms with Gasteiger partial charge >= 0.3 is 6.03 Å². The Morgan fingerprint density at radius 1 is 1.24 bits per heavy atom. The van der Waals surface area contributed by atoms with Gasteiger partial charge in [0.25, 0.3) is 0 Å². The number of likely N-dealkylation sites (tertiary alicyclic amines) is 1. The number of carbonyl (C=O) groups excluding carboxylic acids is 1. The number of anilines is 1. The molecule has 0 atom stereocenters. The first kappa shape index (κ1) is 15.8. The van der Waals surface area contributed by atoms with Crippen molar-refractivity contribution >= 4 is 11.8 Å². The number of nitrogens with zero attached hydrogens (tertiary/aromatic N) is 3. The lowest BCUT2D eigenvalue weighted by atomic mass is 10.0. The van der Waals surface area contributed by atoms with E-state index in [0.29, 0.717) is 17.9 Å². The van der Waals surface area contributed by atoms with E-state index in [-0.39, 0.29) is 12.1 Å². The maximum absolute atomic E-state index is 12.0. The van der Waals surface area contributed by atoms with Gasteiger partial charge in [-0.2, -0.15) is 5.10 Å². The first-order valence-electron chi connectivity index (χ1n) is 7.82. The summed E-state index contributed by atoms with van der Waals surface area (Å²) in [7, 11) is 0. The second-order valence-electron chi connectivity index (χ2n) is 6.28. The zero-order valence-corrected chi connectivity index (χ0v) is 13.5. The molecule has 2 rings (SSSR count). The molecule has 21 heavy (non-hydrogen) atoms. The zero-order valence-electron chi connectivity index (χ0n) is 13.5. The van der Waals surface area contributed by atoms with E-state index in [4.69, 9.17) is 0 Å². The summed E-state index contributed by atoms with van der Waals surface area (Å²) >= 11 is 0. The fraction of sp³-hybridized carbons (Fsp3) is 0.733. The van der Waals surface area contributed by atoms with E-state index in [1.807, 2.05) is 16.9 Å². The van der Waals surface area contributed by atoms with Crippen molar-refractivity contribution in [1.82, 2.24) is 20.0 Å². The predicted octanol–water partition coefficient (Wildman–Crippen LogP) is 2.46. The summed E-state index contributed by atoms with van der Waals surface area (Å²) in [6, 6.07) is 2.80. The molecule has 6 nitrogen and oxygen atoms in total. The monoisotopic (exact) mass is 293 g/mol. The Morgan fingerprint density at radius 2 is 1.90 bits per heavy atom. The molecule has 2 heterocycles. The van der Waals surface area contributed by atoms with Gasteiger partial charge in [-0.3, -0.25) is 10.00 Å². The van der Waals surface area contributed by atoms with Gasteiger partial charge < -0.3 is 10.2 Å². The lowest BCUT2D eigenvalue weighted by molar-refractivity contribution is 0.163. The molecule has 0 saturated carbocycles. The molecule has 1 aromatic rings. The molecule has 1 fully saturated rings. The highest BCUT2D eigenvalue weighted by molar-refractivity contribution is 5.88. The molecule has 2 amide bonds. The minimum atomic E-state index is -0.160. The molecule has 0 bridgehead atoms. The molecule has 0 radical (unpaired) electrons. The van der Waals surface area contributed by atoms with Gasteiger partial charge in [0.1, 0.15) is 0 Å². The largest absolute Gasteiger partial charge is 0.335 e. The molecule has 1 saturated heterocycles. The molecule has 1 aliphatic rings. The summed E-state index contributed by atoms with van der Waals surface area (Å²) in [6.07, 6.45) is 3.89. The number of rotatable bonds is 4. The van der Waals surface area contributed by atoms with Crippen molar-refractivity contribution in [2.45, 2.75) is 58.7 Å². The standard InChI is InChI=1S/C15H27N5O/c1-11(2)19-8-5-13(6-9-19)16-15(21)17-14-7-10-20(18-14)12(3)4/h7,10-13H,5-6,8-9H2,1-4H3,(H2,16,17,18,21). The number of hydrogen-bond acceptors (Lipinski definition) is 3. The van der Waals surface area contributed by atoms with Gasteiger partial charge in [0.2, 0.25) is 0 Å². The van der Waals surface area contributed by atoms with Crippen molar-refractivity contribution in [3.05, 3.63) is 12.3 Å². The Bertz CT molecular complexity index is 460.